The smallest absolute Gasteiger partial charge is 0.293 e. The molecule has 170 valence electrons. The van der Waals surface area contributed by atoms with Crippen molar-refractivity contribution in [2.45, 2.75) is 38.8 Å². The van der Waals surface area contributed by atoms with Gasteiger partial charge in [-0.25, -0.2) is 10.1 Å². The second-order valence-corrected chi connectivity index (χ2v) is 8.58. The minimum Gasteiger partial charge on any atom is -0.378 e. The molecule has 3 heterocycles. The molecule has 0 radical (unpaired) electrons. The number of piperidine rings is 1. The normalized spacial score (nSPS) is 16.8. The van der Waals surface area contributed by atoms with E-state index in [4.69, 9.17) is 10.4 Å². The summed E-state index contributed by atoms with van der Waals surface area (Å²) < 4.78 is 7.19. The molecular weight excluding hydrogens is 549 g/mol. The van der Waals surface area contributed by atoms with Crippen LogP contribution in [0.2, 0.25) is 0 Å². The molecule has 3 N–H and O–H groups in total. The number of rotatable bonds is 6. The molecule has 11 nitrogen and oxygen atoms in total. The van der Waals surface area contributed by atoms with E-state index in [0.29, 0.717) is 18.3 Å². The van der Waals surface area contributed by atoms with Crippen molar-refractivity contribution >= 4 is 52.9 Å². The average Bonchev–Trinajstić information content (AvgIpc) is 3.35. The van der Waals surface area contributed by atoms with Gasteiger partial charge in [-0.3, -0.25) is 9.69 Å². The lowest BCUT2D eigenvalue weighted by Gasteiger charge is -2.33. The first kappa shape index (κ1) is 24.1. The number of likely N-dealkylation sites (tertiary alicyclic amines) is 1. The number of hydrogen-bond acceptors (Lipinski definition) is 9. The van der Waals surface area contributed by atoms with Crippen molar-refractivity contribution in [2.24, 2.45) is 5.10 Å². The van der Waals surface area contributed by atoms with Gasteiger partial charge in [-0.05, 0) is 76.9 Å². The van der Waals surface area contributed by atoms with E-state index in [1.165, 1.54) is 11.1 Å². The van der Waals surface area contributed by atoms with Crippen LogP contribution in [0.3, 0.4) is 0 Å². The third kappa shape index (κ3) is 5.42. The van der Waals surface area contributed by atoms with E-state index in [2.05, 4.69) is 65.6 Å². The zero-order chi connectivity index (χ0) is 21.8. The molecule has 1 amide bonds. The predicted molar refractivity (Wildman–Crippen MR) is 129 cm³/mol. The maximum Gasteiger partial charge on any atom is 0.293 e. The van der Waals surface area contributed by atoms with E-state index >= 15 is 0 Å². The number of hydrazone groups is 1. The Morgan fingerprint density at radius 2 is 2.25 bits per heavy atom. The number of nitrogen functional groups attached to an aromatic ring is 1. The zero-order valence-electron chi connectivity index (χ0n) is 17.3. The average molecular weight is 572 g/mol. The number of aromatic nitrogens is 5. The monoisotopic (exact) mass is 571 g/mol. The number of nitrogens with one attached hydrogen (secondary N) is 1. The van der Waals surface area contributed by atoms with Crippen LogP contribution in [0.15, 0.2) is 34.0 Å². The molecule has 13 heteroatoms. The number of benzene rings is 1. The zero-order valence-corrected chi connectivity index (χ0v) is 20.3. The van der Waals surface area contributed by atoms with Gasteiger partial charge in [0.1, 0.15) is 0 Å². The number of nitrogens with two attached hydrogens (primary N) is 1. The lowest BCUT2D eigenvalue weighted by molar-refractivity contribution is 0.0945. The molecule has 3 aromatic rings. The predicted octanol–water partition coefficient (Wildman–Crippen LogP) is 2.40. The minimum atomic E-state index is -0.470. The summed E-state index contributed by atoms with van der Waals surface area (Å²) in [5.41, 5.74) is 9.96. The molecule has 0 bridgehead atoms. The van der Waals surface area contributed by atoms with E-state index in [0.717, 1.165) is 28.5 Å². The molecule has 1 atom stereocenters. The number of amides is 1. The molecule has 1 unspecified atom stereocenters. The minimum absolute atomic E-state index is 0. The summed E-state index contributed by atoms with van der Waals surface area (Å²) in [5.74, 6) is -0.196. The van der Waals surface area contributed by atoms with E-state index in [1.807, 2.05) is 24.3 Å². The quantitative estimate of drug-likeness (QED) is 0.261. The number of carbonyl (C=O) groups excluding carboxylic acids is 1. The van der Waals surface area contributed by atoms with Crippen molar-refractivity contribution in [2.75, 3.05) is 12.3 Å². The fourth-order valence-corrected chi connectivity index (χ4v) is 4.09. The van der Waals surface area contributed by atoms with Gasteiger partial charge < -0.3 is 5.73 Å². The van der Waals surface area contributed by atoms with Crippen LogP contribution in [0.4, 0.5) is 5.82 Å². The summed E-state index contributed by atoms with van der Waals surface area (Å²) in [5, 5.41) is 19.6. The Bertz CT molecular complexity index is 1100. The van der Waals surface area contributed by atoms with Gasteiger partial charge >= 0.3 is 0 Å². The van der Waals surface area contributed by atoms with Crippen LogP contribution in [0, 0.1) is 3.57 Å². The number of nitrogens with zero attached hydrogens (tertiary/aromatic N) is 7. The van der Waals surface area contributed by atoms with Crippen LogP contribution in [-0.2, 0) is 6.54 Å². The Balaban J connectivity index is 0.00000289. The molecule has 32 heavy (non-hydrogen) atoms. The molecule has 0 spiro atoms. The second-order valence-electron chi connectivity index (χ2n) is 7.34. The van der Waals surface area contributed by atoms with Crippen LogP contribution in [0.1, 0.15) is 47.9 Å². The van der Waals surface area contributed by atoms with Crippen molar-refractivity contribution in [1.82, 2.24) is 35.6 Å². The van der Waals surface area contributed by atoms with Crippen molar-refractivity contribution in [1.29, 1.82) is 0 Å². The van der Waals surface area contributed by atoms with Gasteiger partial charge in [0.2, 0.25) is 11.6 Å². The summed E-state index contributed by atoms with van der Waals surface area (Å²) in [6, 6.07) is 8.13. The molecule has 0 aliphatic carbocycles. The highest BCUT2D eigenvalue weighted by atomic mass is 127. The summed E-state index contributed by atoms with van der Waals surface area (Å²) in [6.07, 6.45) is 4.96. The molecule has 1 saturated heterocycles. The van der Waals surface area contributed by atoms with Crippen molar-refractivity contribution in [3.8, 4) is 5.82 Å². The Hall–Kier alpha value is -2.58. The topological polar surface area (TPSA) is 140 Å². The highest BCUT2D eigenvalue weighted by molar-refractivity contribution is 14.1. The van der Waals surface area contributed by atoms with E-state index in [-0.39, 0.29) is 29.7 Å². The Kier molecular flexibility index (Phi) is 8.15. The molecule has 2 aromatic heterocycles. The fraction of sp³-hybridized carbons (Fsp3) is 0.368. The highest BCUT2D eigenvalue weighted by Gasteiger charge is 2.27. The van der Waals surface area contributed by atoms with Crippen LogP contribution in [-0.4, -0.2) is 54.9 Å². The van der Waals surface area contributed by atoms with Crippen LogP contribution in [0.5, 0.6) is 0 Å². The maximum atomic E-state index is 12.9. The van der Waals surface area contributed by atoms with E-state index in [9.17, 15) is 4.79 Å². The van der Waals surface area contributed by atoms with Crippen LogP contribution < -0.4 is 11.2 Å². The Labute approximate surface area is 204 Å². The summed E-state index contributed by atoms with van der Waals surface area (Å²) in [7, 11) is 0. The number of anilines is 1. The van der Waals surface area contributed by atoms with Gasteiger partial charge in [-0.2, -0.15) is 9.78 Å². The van der Waals surface area contributed by atoms with Gasteiger partial charge in [-0.15, -0.1) is 17.5 Å². The maximum absolute atomic E-state index is 12.9. The lowest BCUT2D eigenvalue weighted by atomic mass is 10.0. The summed E-state index contributed by atoms with van der Waals surface area (Å²) in [6.45, 7) is 3.55. The number of carbonyl (C=O) groups is 1. The number of hydrogen-bond donors (Lipinski definition) is 2. The highest BCUT2D eigenvalue weighted by Crippen LogP contribution is 2.22. The standard InChI is InChI=1S/C19H22IN9O2.ClH/c1-12-5-2-3-8-28(12)11-15-16(23-27-29(15)18-17(21)25-31-26-18)19(30)24-22-10-13-6-4-7-14(20)9-13;/h4,6-7,9-10,12H,2-3,5,8,11H2,1H3,(H2,21,25)(H,24,30);1H/b22-10-;. The third-order valence-electron chi connectivity index (χ3n) is 5.20. The largest absolute Gasteiger partial charge is 0.378 e. The van der Waals surface area contributed by atoms with Crippen LogP contribution in [0.25, 0.3) is 5.82 Å². The molecular formula is C19H23ClIN9O2. The SMILES string of the molecule is CC1CCCCN1Cc1c(C(=O)N/N=C\c2cccc(I)c2)nnn1-c1nonc1N.Cl. The third-order valence-corrected chi connectivity index (χ3v) is 5.87. The second kappa shape index (κ2) is 10.8. The first-order valence-electron chi connectivity index (χ1n) is 9.89. The van der Waals surface area contributed by atoms with Crippen LogP contribution >= 0.6 is 35.0 Å². The van der Waals surface area contributed by atoms with Gasteiger partial charge in [0.25, 0.3) is 5.91 Å². The van der Waals surface area contributed by atoms with Crippen molar-refractivity contribution in [3.63, 3.8) is 0 Å². The first-order chi connectivity index (χ1) is 15.0. The molecule has 1 aliphatic rings. The van der Waals surface area contributed by atoms with Gasteiger partial charge in [-0.1, -0.05) is 23.8 Å². The molecule has 1 aliphatic heterocycles. The van der Waals surface area contributed by atoms with E-state index < -0.39 is 5.91 Å². The van der Waals surface area contributed by atoms with Gasteiger partial charge in [0, 0.05) is 16.2 Å². The molecule has 1 fully saturated rings. The van der Waals surface area contributed by atoms with Crippen molar-refractivity contribution < 1.29 is 9.42 Å². The Morgan fingerprint density at radius 3 is 2.97 bits per heavy atom. The summed E-state index contributed by atoms with van der Waals surface area (Å²) >= 11 is 2.22. The van der Waals surface area contributed by atoms with Gasteiger partial charge in [0.05, 0.1) is 11.9 Å². The van der Waals surface area contributed by atoms with E-state index in [1.54, 1.807) is 6.21 Å². The Morgan fingerprint density at radius 1 is 1.41 bits per heavy atom. The van der Waals surface area contributed by atoms with Crippen molar-refractivity contribution in [3.05, 3.63) is 44.8 Å². The molecule has 1 aromatic carbocycles. The fourth-order valence-electron chi connectivity index (χ4n) is 3.52. The molecule has 0 saturated carbocycles. The first-order valence-corrected chi connectivity index (χ1v) is 11.0. The number of halogens is 2. The molecule has 4 rings (SSSR count). The summed E-state index contributed by atoms with van der Waals surface area (Å²) in [4.78, 5) is 15.1. The van der Waals surface area contributed by atoms with Gasteiger partial charge in [0.15, 0.2) is 5.69 Å². The lowest BCUT2D eigenvalue weighted by Crippen LogP contribution is -2.38.